The zero-order chi connectivity index (χ0) is 17.9. The fourth-order valence-electron chi connectivity index (χ4n) is 2.45. The number of carbonyl (C=O) groups is 1. The zero-order valence-corrected chi connectivity index (χ0v) is 15.9. The molecule has 1 aliphatic rings. The van der Waals surface area contributed by atoms with Crippen LogP contribution < -0.4 is 5.32 Å². The number of thiophene rings is 1. The van der Waals surface area contributed by atoms with E-state index in [2.05, 4.69) is 10.3 Å². The molecule has 0 spiro atoms. The highest BCUT2D eigenvalue weighted by molar-refractivity contribution is 8.18. The van der Waals surface area contributed by atoms with Crippen LogP contribution in [0.1, 0.15) is 5.56 Å². The van der Waals surface area contributed by atoms with E-state index in [0.29, 0.717) is 15.1 Å². The van der Waals surface area contributed by atoms with Crippen molar-refractivity contribution in [3.8, 4) is 10.4 Å². The third-order valence-corrected chi connectivity index (χ3v) is 5.82. The predicted octanol–water partition coefficient (Wildman–Crippen LogP) is 5.96. The van der Waals surface area contributed by atoms with Crippen molar-refractivity contribution in [3.63, 3.8) is 0 Å². The van der Waals surface area contributed by atoms with E-state index < -0.39 is 0 Å². The number of aliphatic imine (C=N–C) groups is 1. The molecule has 1 saturated heterocycles. The average molecular weight is 397 g/mol. The van der Waals surface area contributed by atoms with Crippen molar-refractivity contribution in [2.24, 2.45) is 4.99 Å². The van der Waals surface area contributed by atoms with Gasteiger partial charge in [0, 0.05) is 15.3 Å². The number of halogens is 1. The second-order valence-corrected chi connectivity index (χ2v) is 7.95. The van der Waals surface area contributed by atoms with E-state index >= 15 is 0 Å². The van der Waals surface area contributed by atoms with Crippen molar-refractivity contribution in [2.75, 3.05) is 0 Å². The molecule has 2 aromatic carbocycles. The quantitative estimate of drug-likeness (QED) is 0.555. The van der Waals surface area contributed by atoms with Crippen molar-refractivity contribution in [1.29, 1.82) is 0 Å². The number of hydrogen-bond donors (Lipinski definition) is 1. The maximum Gasteiger partial charge on any atom is 0.264 e. The Balaban J connectivity index is 1.53. The highest BCUT2D eigenvalue weighted by atomic mass is 35.5. The van der Waals surface area contributed by atoms with Crippen LogP contribution in [0.2, 0.25) is 5.02 Å². The van der Waals surface area contributed by atoms with Gasteiger partial charge in [0.05, 0.1) is 10.6 Å². The normalized spacial score (nSPS) is 17.0. The zero-order valence-electron chi connectivity index (χ0n) is 13.5. The van der Waals surface area contributed by atoms with Gasteiger partial charge in [0.15, 0.2) is 5.17 Å². The summed E-state index contributed by atoms with van der Waals surface area (Å²) >= 11 is 8.90. The Bertz CT molecular complexity index is 1010. The van der Waals surface area contributed by atoms with Gasteiger partial charge in [-0.3, -0.25) is 4.79 Å². The van der Waals surface area contributed by atoms with Crippen LogP contribution in [0.4, 0.5) is 5.69 Å². The Kier molecular flexibility index (Phi) is 4.93. The number of nitrogens with one attached hydrogen (secondary N) is 1. The van der Waals surface area contributed by atoms with Crippen LogP contribution in [0, 0.1) is 0 Å². The minimum atomic E-state index is -0.120. The number of carbonyl (C=O) groups excluding carboxylic acids is 1. The Morgan fingerprint density at radius 1 is 1.04 bits per heavy atom. The number of amidine groups is 1. The molecule has 3 aromatic rings. The molecule has 1 aromatic heterocycles. The van der Waals surface area contributed by atoms with E-state index in [4.69, 9.17) is 11.6 Å². The maximum atomic E-state index is 12.1. The molecule has 128 valence electrons. The van der Waals surface area contributed by atoms with Crippen molar-refractivity contribution in [2.45, 2.75) is 0 Å². The molecule has 4 rings (SSSR count). The first-order chi connectivity index (χ1) is 12.7. The number of hydrogen-bond acceptors (Lipinski definition) is 4. The summed E-state index contributed by atoms with van der Waals surface area (Å²) < 4.78 is 0. The lowest BCUT2D eigenvalue weighted by atomic mass is 10.2. The molecule has 3 nitrogen and oxygen atoms in total. The molecule has 0 atom stereocenters. The molecule has 1 fully saturated rings. The van der Waals surface area contributed by atoms with Gasteiger partial charge in [0.1, 0.15) is 0 Å². The van der Waals surface area contributed by atoms with Crippen LogP contribution in [-0.2, 0) is 4.79 Å². The van der Waals surface area contributed by atoms with E-state index in [1.807, 2.05) is 72.1 Å². The Morgan fingerprint density at radius 2 is 1.81 bits per heavy atom. The van der Waals surface area contributed by atoms with Crippen LogP contribution in [0.15, 0.2) is 75.9 Å². The Hall–Kier alpha value is -2.34. The van der Waals surface area contributed by atoms with Crippen molar-refractivity contribution in [3.05, 3.63) is 81.5 Å². The van der Waals surface area contributed by atoms with Crippen molar-refractivity contribution >= 4 is 57.5 Å². The molecular weight excluding hydrogens is 384 g/mol. The first-order valence-electron chi connectivity index (χ1n) is 7.86. The summed E-state index contributed by atoms with van der Waals surface area (Å²) in [5, 5.41) is 6.11. The number of thioether (sulfide) groups is 1. The molecule has 1 amide bonds. The summed E-state index contributed by atoms with van der Waals surface area (Å²) in [7, 11) is 0. The van der Waals surface area contributed by atoms with E-state index in [1.54, 1.807) is 11.3 Å². The lowest BCUT2D eigenvalue weighted by Gasteiger charge is -1.96. The number of nitrogens with zero attached hydrogens (tertiary/aromatic N) is 1. The molecule has 0 radical (unpaired) electrons. The third kappa shape index (κ3) is 3.90. The number of amides is 1. The van der Waals surface area contributed by atoms with E-state index in [1.165, 1.54) is 11.8 Å². The molecule has 0 bridgehead atoms. The van der Waals surface area contributed by atoms with Crippen LogP contribution in [0.5, 0.6) is 0 Å². The van der Waals surface area contributed by atoms with E-state index in [0.717, 1.165) is 21.7 Å². The summed E-state index contributed by atoms with van der Waals surface area (Å²) in [6.07, 6.45) is 1.87. The lowest BCUT2D eigenvalue weighted by Crippen LogP contribution is -2.19. The minimum absolute atomic E-state index is 0.120. The topological polar surface area (TPSA) is 41.5 Å². The van der Waals surface area contributed by atoms with Crippen LogP contribution in [-0.4, -0.2) is 11.1 Å². The predicted molar refractivity (Wildman–Crippen MR) is 112 cm³/mol. The van der Waals surface area contributed by atoms with Gasteiger partial charge in [0.2, 0.25) is 0 Å². The molecule has 2 heterocycles. The fraction of sp³-hybridized carbons (Fsp3) is 0. The molecule has 6 heteroatoms. The van der Waals surface area contributed by atoms with Gasteiger partial charge in [-0.15, -0.1) is 11.3 Å². The monoisotopic (exact) mass is 396 g/mol. The summed E-state index contributed by atoms with van der Waals surface area (Å²) in [4.78, 5) is 18.5. The second kappa shape index (κ2) is 7.50. The summed E-state index contributed by atoms with van der Waals surface area (Å²) in [6, 6.07) is 19.5. The van der Waals surface area contributed by atoms with Gasteiger partial charge in [0.25, 0.3) is 5.91 Å². The third-order valence-electron chi connectivity index (χ3n) is 3.69. The van der Waals surface area contributed by atoms with Gasteiger partial charge >= 0.3 is 0 Å². The van der Waals surface area contributed by atoms with Gasteiger partial charge in [-0.1, -0.05) is 54.1 Å². The Labute approximate surface area is 164 Å². The number of benzene rings is 2. The van der Waals surface area contributed by atoms with E-state index in [9.17, 15) is 4.79 Å². The molecule has 0 saturated carbocycles. The first kappa shape index (κ1) is 17.1. The smallest absolute Gasteiger partial charge is 0.264 e. The molecule has 0 unspecified atom stereocenters. The van der Waals surface area contributed by atoms with Gasteiger partial charge in [-0.2, -0.15) is 0 Å². The summed E-state index contributed by atoms with van der Waals surface area (Å²) in [5.74, 6) is -0.120. The standard InChI is InChI=1S/C20H13ClN2OS2/c21-15-8-6-14(7-9-15)17-11-16(12-25-17)22-20-23-19(24)18(26-20)10-13-4-2-1-3-5-13/h1-12H,(H,22,23,24)/b18-10-. The molecule has 1 N–H and O–H groups in total. The molecular formula is C20H13ClN2OS2. The number of rotatable bonds is 3. The largest absolute Gasteiger partial charge is 0.300 e. The maximum absolute atomic E-state index is 12.1. The highest BCUT2D eigenvalue weighted by Gasteiger charge is 2.23. The van der Waals surface area contributed by atoms with Crippen LogP contribution in [0.25, 0.3) is 16.5 Å². The minimum Gasteiger partial charge on any atom is -0.300 e. The second-order valence-electron chi connectivity index (χ2n) is 5.57. The van der Waals surface area contributed by atoms with E-state index in [-0.39, 0.29) is 5.91 Å². The van der Waals surface area contributed by atoms with Gasteiger partial charge in [-0.25, -0.2) is 4.99 Å². The Morgan fingerprint density at radius 3 is 2.58 bits per heavy atom. The molecule has 26 heavy (non-hydrogen) atoms. The lowest BCUT2D eigenvalue weighted by molar-refractivity contribution is -0.115. The molecule has 1 aliphatic heterocycles. The van der Waals surface area contributed by atoms with Crippen molar-refractivity contribution < 1.29 is 4.79 Å². The molecule has 0 aliphatic carbocycles. The van der Waals surface area contributed by atoms with Crippen LogP contribution >= 0.6 is 34.7 Å². The average Bonchev–Trinajstić information content (AvgIpc) is 3.24. The fourth-order valence-corrected chi connectivity index (χ4v) is 4.25. The first-order valence-corrected chi connectivity index (χ1v) is 9.94. The highest BCUT2D eigenvalue weighted by Crippen LogP contribution is 2.34. The SMILES string of the molecule is O=C1NC(=Nc2csc(-c3ccc(Cl)cc3)c2)S/C1=C\c1ccccc1. The van der Waals surface area contributed by atoms with Crippen LogP contribution in [0.3, 0.4) is 0 Å². The summed E-state index contributed by atoms with van der Waals surface area (Å²) in [5.41, 5.74) is 2.91. The van der Waals surface area contributed by atoms with Gasteiger partial charge < -0.3 is 5.32 Å². The van der Waals surface area contributed by atoms with Crippen molar-refractivity contribution in [1.82, 2.24) is 5.32 Å². The van der Waals surface area contributed by atoms with Gasteiger partial charge in [-0.05, 0) is 47.2 Å². The summed E-state index contributed by atoms with van der Waals surface area (Å²) in [6.45, 7) is 0.